The number of rotatable bonds is 5. The van der Waals surface area contributed by atoms with Crippen LogP contribution in [0.15, 0.2) is 30.5 Å². The molecule has 1 aliphatic heterocycles. The van der Waals surface area contributed by atoms with E-state index in [0.29, 0.717) is 15.7 Å². The van der Waals surface area contributed by atoms with Crippen LogP contribution in [0.1, 0.15) is 37.0 Å². The van der Waals surface area contributed by atoms with Crippen molar-refractivity contribution in [3.05, 3.63) is 50.7 Å². The van der Waals surface area contributed by atoms with E-state index in [1.165, 1.54) is 38.1 Å². The van der Waals surface area contributed by atoms with Gasteiger partial charge in [0.15, 0.2) is 5.72 Å². The second-order valence-corrected chi connectivity index (χ2v) is 10.5. The molecule has 204 valence electrons. The van der Waals surface area contributed by atoms with E-state index >= 15 is 0 Å². The van der Waals surface area contributed by atoms with Crippen LogP contribution in [0.5, 0.6) is 0 Å². The van der Waals surface area contributed by atoms with Gasteiger partial charge in [-0.25, -0.2) is 4.98 Å². The number of pyridine rings is 1. The maximum absolute atomic E-state index is 13.4. The minimum Gasteiger partial charge on any atom is -0.391 e. The molecule has 1 aliphatic rings. The van der Waals surface area contributed by atoms with Crippen LogP contribution in [0.4, 0.5) is 37.8 Å². The molecule has 2 aromatic rings. The standard InChI is InChI=1S/C23H24F6IN3O4/c1-20(2,12-4-13(22(24,25)26)6-14(5-12)23(27,28)29)19(36)32(3)17-9-31-18(7-16(17)30)33-10-15(35)8-21(33,37)11-34/h4-7,9,15,34-35,37H,8,10-11H2,1-3H3. The monoisotopic (exact) mass is 647 g/mol. The lowest BCUT2D eigenvalue weighted by molar-refractivity contribution is -0.143. The predicted octanol–water partition coefficient (Wildman–Crippen LogP) is 3.92. The maximum atomic E-state index is 13.4. The van der Waals surface area contributed by atoms with Gasteiger partial charge >= 0.3 is 12.4 Å². The van der Waals surface area contributed by atoms with E-state index in [4.69, 9.17) is 0 Å². The fourth-order valence-corrected chi connectivity index (χ4v) is 4.94. The first-order valence-electron chi connectivity index (χ1n) is 10.8. The number of aliphatic hydroxyl groups excluding tert-OH is 2. The Morgan fingerprint density at radius 2 is 1.62 bits per heavy atom. The van der Waals surface area contributed by atoms with Gasteiger partial charge in [-0.15, -0.1) is 0 Å². The van der Waals surface area contributed by atoms with Gasteiger partial charge < -0.3 is 25.1 Å². The number of aliphatic hydroxyl groups is 3. The van der Waals surface area contributed by atoms with Crippen LogP contribution >= 0.6 is 22.6 Å². The first-order chi connectivity index (χ1) is 16.8. The lowest BCUT2D eigenvalue weighted by atomic mass is 9.81. The van der Waals surface area contributed by atoms with Crippen molar-refractivity contribution in [2.24, 2.45) is 0 Å². The maximum Gasteiger partial charge on any atom is 0.416 e. The molecular formula is C23H24F6IN3O4. The number of amides is 1. The predicted molar refractivity (Wildman–Crippen MR) is 130 cm³/mol. The number of likely N-dealkylation sites (N-methyl/N-ethyl adjacent to an activating group) is 1. The Kier molecular flexibility index (Phi) is 7.83. The van der Waals surface area contributed by atoms with Gasteiger partial charge in [0.05, 0.1) is 41.1 Å². The number of hydrogen-bond acceptors (Lipinski definition) is 6. The molecular weight excluding hydrogens is 623 g/mol. The highest BCUT2D eigenvalue weighted by Gasteiger charge is 2.45. The molecule has 1 amide bonds. The first kappa shape index (κ1) is 29.4. The smallest absolute Gasteiger partial charge is 0.391 e. The third kappa shape index (κ3) is 5.81. The zero-order chi connectivity index (χ0) is 28.1. The van der Waals surface area contributed by atoms with Crippen molar-refractivity contribution in [2.75, 3.05) is 30.0 Å². The Morgan fingerprint density at radius 1 is 1.11 bits per heavy atom. The molecule has 1 aromatic carbocycles. The van der Waals surface area contributed by atoms with Crippen molar-refractivity contribution in [3.8, 4) is 0 Å². The van der Waals surface area contributed by atoms with Crippen molar-refractivity contribution in [3.63, 3.8) is 0 Å². The van der Waals surface area contributed by atoms with Crippen LogP contribution in [0.25, 0.3) is 0 Å². The second kappa shape index (κ2) is 9.85. The number of carbonyl (C=O) groups excluding carboxylic acids is 1. The summed E-state index contributed by atoms with van der Waals surface area (Å²) in [5.74, 6) is -0.607. The highest BCUT2D eigenvalue weighted by Crippen LogP contribution is 2.40. The van der Waals surface area contributed by atoms with Crippen LogP contribution in [-0.2, 0) is 22.6 Å². The molecule has 0 saturated carbocycles. The number of alkyl halides is 6. The minimum atomic E-state index is -5.06. The van der Waals surface area contributed by atoms with Crippen LogP contribution < -0.4 is 9.80 Å². The highest BCUT2D eigenvalue weighted by molar-refractivity contribution is 14.1. The molecule has 37 heavy (non-hydrogen) atoms. The molecule has 2 heterocycles. The number of carbonyl (C=O) groups is 1. The van der Waals surface area contributed by atoms with E-state index in [1.54, 1.807) is 0 Å². The van der Waals surface area contributed by atoms with Crippen molar-refractivity contribution >= 4 is 40.0 Å². The number of aromatic nitrogens is 1. The molecule has 1 aromatic heterocycles. The summed E-state index contributed by atoms with van der Waals surface area (Å²) < 4.78 is 80.5. The van der Waals surface area contributed by atoms with E-state index in [9.17, 15) is 46.5 Å². The van der Waals surface area contributed by atoms with Crippen LogP contribution in [0.3, 0.4) is 0 Å². The van der Waals surface area contributed by atoms with Gasteiger partial charge in [0.1, 0.15) is 5.82 Å². The van der Waals surface area contributed by atoms with Gasteiger partial charge in [0, 0.05) is 23.6 Å². The van der Waals surface area contributed by atoms with Crippen LogP contribution in [0.2, 0.25) is 0 Å². The van der Waals surface area contributed by atoms with Crippen molar-refractivity contribution in [1.29, 1.82) is 0 Å². The number of benzene rings is 1. The molecule has 7 nitrogen and oxygen atoms in total. The molecule has 0 bridgehead atoms. The van der Waals surface area contributed by atoms with Gasteiger partial charge in [0.25, 0.3) is 0 Å². The van der Waals surface area contributed by atoms with Crippen LogP contribution in [-0.4, -0.2) is 58.2 Å². The number of hydrogen-bond donors (Lipinski definition) is 3. The second-order valence-electron chi connectivity index (χ2n) is 9.39. The molecule has 14 heteroatoms. The lowest BCUT2D eigenvalue weighted by Gasteiger charge is -2.33. The van der Waals surface area contributed by atoms with Gasteiger partial charge in [0.2, 0.25) is 5.91 Å². The number of anilines is 2. The van der Waals surface area contributed by atoms with Crippen LogP contribution in [0, 0.1) is 3.57 Å². The molecule has 2 atom stereocenters. The lowest BCUT2D eigenvalue weighted by Crippen LogP contribution is -2.47. The summed E-state index contributed by atoms with van der Waals surface area (Å²) >= 11 is 1.86. The molecule has 1 fully saturated rings. The molecule has 3 N–H and O–H groups in total. The fraction of sp³-hybridized carbons (Fsp3) is 0.478. The Hall–Kier alpha value is -2.17. The van der Waals surface area contributed by atoms with Gasteiger partial charge in [-0.3, -0.25) is 4.79 Å². The first-order valence-corrected chi connectivity index (χ1v) is 11.9. The Morgan fingerprint density at radius 3 is 2.08 bits per heavy atom. The molecule has 3 rings (SSSR count). The zero-order valence-electron chi connectivity index (χ0n) is 19.8. The summed E-state index contributed by atoms with van der Waals surface area (Å²) in [5, 5.41) is 30.1. The number of β-amino-alcohol motifs (C(OH)–C–C–N with tert-alkyl or cyclic N) is 1. The van der Waals surface area contributed by atoms with Gasteiger partial charge in [-0.2, -0.15) is 26.3 Å². The normalized spacial score (nSPS) is 20.9. The summed E-state index contributed by atoms with van der Waals surface area (Å²) in [6.45, 7) is 1.76. The summed E-state index contributed by atoms with van der Waals surface area (Å²) in [7, 11) is 1.31. The summed E-state index contributed by atoms with van der Waals surface area (Å²) in [5.41, 5.74) is -6.85. The Bertz CT molecular complexity index is 1160. The number of nitrogens with zero attached hydrogens (tertiary/aromatic N) is 3. The van der Waals surface area contributed by atoms with E-state index in [0.717, 1.165) is 4.90 Å². The average Bonchev–Trinajstić information content (AvgIpc) is 3.11. The van der Waals surface area contributed by atoms with Crippen molar-refractivity contribution in [1.82, 2.24) is 4.98 Å². The van der Waals surface area contributed by atoms with E-state index in [1.807, 2.05) is 22.6 Å². The minimum absolute atomic E-state index is 0.00220. The SMILES string of the molecule is CN(C(=O)C(C)(C)c1cc(C(F)(F)F)cc(C(F)(F)F)c1)c1cnc(N2CC(O)CC2(O)CO)cc1I. The molecule has 2 unspecified atom stereocenters. The average molecular weight is 647 g/mol. The van der Waals surface area contributed by atoms with E-state index in [-0.39, 0.29) is 30.5 Å². The fourth-order valence-electron chi connectivity index (χ4n) is 4.17. The van der Waals surface area contributed by atoms with Gasteiger partial charge in [-0.1, -0.05) is 0 Å². The topological polar surface area (TPSA) is 97.1 Å². The van der Waals surface area contributed by atoms with Crippen molar-refractivity contribution in [2.45, 2.75) is 49.9 Å². The molecule has 0 radical (unpaired) electrons. The quantitative estimate of drug-likeness (QED) is 0.337. The highest BCUT2D eigenvalue weighted by atomic mass is 127. The largest absolute Gasteiger partial charge is 0.416 e. The molecule has 1 saturated heterocycles. The molecule has 0 aliphatic carbocycles. The summed E-state index contributed by atoms with van der Waals surface area (Å²) in [4.78, 5) is 20.0. The summed E-state index contributed by atoms with van der Waals surface area (Å²) in [6, 6.07) is 2.53. The number of halogens is 7. The zero-order valence-corrected chi connectivity index (χ0v) is 22.0. The summed E-state index contributed by atoms with van der Waals surface area (Å²) in [6.07, 6.45) is -9.91. The van der Waals surface area contributed by atoms with Crippen molar-refractivity contribution < 1.29 is 46.5 Å². The Balaban J connectivity index is 1.98. The van der Waals surface area contributed by atoms with Gasteiger partial charge in [-0.05, 0) is 66.3 Å². The Labute approximate surface area is 221 Å². The van der Waals surface area contributed by atoms with E-state index in [2.05, 4.69) is 4.98 Å². The third-order valence-electron chi connectivity index (χ3n) is 6.32. The molecule has 0 spiro atoms. The van der Waals surface area contributed by atoms with E-state index < -0.39 is 58.8 Å². The third-order valence-corrected chi connectivity index (χ3v) is 7.18.